The summed E-state index contributed by atoms with van der Waals surface area (Å²) in [5, 5.41) is 0. The maximum atomic E-state index is 8.66. The third kappa shape index (κ3) is 9.82. The first-order valence-electron chi connectivity index (χ1n) is 24.4. The molecular formula is C39H120OSi19. The van der Waals surface area contributed by atoms with E-state index in [1.807, 2.05) is 19.6 Å². The molecule has 0 aromatic rings. The fourth-order valence-electron chi connectivity index (χ4n) is 12.4. The van der Waals surface area contributed by atoms with Gasteiger partial charge in [-0.25, -0.2) is 0 Å². The second-order valence-electron chi connectivity index (χ2n) is 30.7. The highest BCUT2D eigenvalue weighted by atomic mass is 30.2. The summed E-state index contributed by atoms with van der Waals surface area (Å²) in [4.78, 5) is 8.66. The molecule has 0 aromatic heterocycles. The van der Waals surface area contributed by atoms with Gasteiger partial charge >= 0.3 is 0 Å². The van der Waals surface area contributed by atoms with Crippen LogP contribution in [0.3, 0.4) is 0 Å². The van der Waals surface area contributed by atoms with E-state index in [1.54, 1.807) is 0 Å². The standard InChI is InChI=1S/C36H110Si18.C3H10OSi/c1-37(2)39(5,6)41(9,10)43(13,14)45(17,18)47(21,22)49(25,26)51(29,30)53(33,34)54(35,36)52(31,32)50(27,28)48(23,24)46(19,20)44(15,16)42(11,12)40(7,8)38(3)4;1-5(2,3)4/h37-38H,1-36H3;4H,1-3H3. The average molecular weight is 1140 g/mol. The van der Waals surface area contributed by atoms with Crippen LogP contribution in [0.1, 0.15) is 0 Å². The minimum Gasteiger partial charge on any atom is -0.433 e. The van der Waals surface area contributed by atoms with Crippen LogP contribution < -0.4 is 0 Å². The molecule has 0 saturated carbocycles. The first-order valence-corrected chi connectivity index (χ1v) is 99.0. The Kier molecular flexibility index (Phi) is 20.4. The van der Waals surface area contributed by atoms with Crippen molar-refractivity contribution in [2.45, 2.75) is 255 Å². The summed E-state index contributed by atoms with van der Waals surface area (Å²) in [5.74, 6) is 0. The topological polar surface area (TPSA) is 20.2 Å². The normalized spacial score (nSPS) is 16.8. The lowest BCUT2D eigenvalue weighted by atomic mass is 11.8. The van der Waals surface area contributed by atoms with Gasteiger partial charge in [-0.05, 0) is 19.6 Å². The van der Waals surface area contributed by atoms with Gasteiger partial charge in [0.2, 0.25) is 0 Å². The van der Waals surface area contributed by atoms with Gasteiger partial charge in [-0.3, -0.25) is 0 Å². The molecule has 0 unspecified atom stereocenters. The molecule has 0 saturated heterocycles. The second-order valence-corrected chi connectivity index (χ2v) is 245. The molecule has 0 aliphatic carbocycles. The van der Waals surface area contributed by atoms with Crippen LogP contribution in [0.5, 0.6) is 0 Å². The van der Waals surface area contributed by atoms with Crippen LogP contribution in [0, 0.1) is 0 Å². The molecule has 20 heteroatoms. The molecule has 0 aliphatic heterocycles. The van der Waals surface area contributed by atoms with Gasteiger partial charge < -0.3 is 4.80 Å². The van der Waals surface area contributed by atoms with E-state index in [1.165, 1.54) is 0 Å². The van der Waals surface area contributed by atoms with Gasteiger partial charge in [0.15, 0.2) is 8.32 Å². The molecule has 1 N–H and O–H groups in total. The number of hydrogen-bond donors (Lipinski definition) is 1. The number of hydrogen-bond acceptors (Lipinski definition) is 1. The molecule has 0 rings (SSSR count). The quantitative estimate of drug-likeness (QED) is 0.144. The average Bonchev–Trinajstić information content (AvgIpc) is 2.98. The summed E-state index contributed by atoms with van der Waals surface area (Å²) >= 11 is 0. The molecule has 0 bridgehead atoms. The van der Waals surface area contributed by atoms with Crippen LogP contribution in [0.2, 0.25) is 255 Å². The summed E-state index contributed by atoms with van der Waals surface area (Å²) in [6.45, 7) is 114. The van der Waals surface area contributed by atoms with E-state index in [0.29, 0.717) is 0 Å². The Morgan fingerprint density at radius 2 is 0.254 bits per heavy atom. The fourth-order valence-corrected chi connectivity index (χ4v) is 639. The second kappa shape index (κ2) is 18.4. The molecule has 0 fully saturated rings. The first kappa shape index (κ1) is 65.2. The van der Waals surface area contributed by atoms with Crippen molar-refractivity contribution in [2.75, 3.05) is 0 Å². The molecule has 0 atom stereocenters. The zero-order valence-electron chi connectivity index (χ0n) is 49.1. The maximum Gasteiger partial charge on any atom is 0.179 e. The molecule has 0 aliphatic rings. The van der Waals surface area contributed by atoms with Crippen LogP contribution >= 0.6 is 0 Å². The van der Waals surface area contributed by atoms with Crippen molar-refractivity contribution < 1.29 is 4.80 Å². The van der Waals surface area contributed by atoms with Crippen molar-refractivity contribution in [2.24, 2.45) is 0 Å². The summed E-state index contributed by atoms with van der Waals surface area (Å²) in [6.07, 6.45) is 0. The Balaban J connectivity index is 0. The minimum absolute atomic E-state index is 0.624. The summed E-state index contributed by atoms with van der Waals surface area (Å²) < 4.78 is 0. The van der Waals surface area contributed by atoms with Crippen LogP contribution in [0.4, 0.5) is 0 Å². The highest BCUT2D eigenvalue weighted by molar-refractivity contribution is 8.12. The van der Waals surface area contributed by atoms with Crippen LogP contribution in [-0.4, -0.2) is 143 Å². The van der Waals surface area contributed by atoms with E-state index >= 15 is 0 Å². The van der Waals surface area contributed by atoms with Crippen molar-refractivity contribution >= 4 is 139 Å². The van der Waals surface area contributed by atoms with E-state index in [9.17, 15) is 0 Å². The SMILES string of the molecule is C[SiH](C)[Si](C)(C)[Si](C)(C)[Si](C)(C)[Si](C)(C)[Si](C)(C)[Si](C)(C)[Si](C)(C)[Si](C)(C)[Si](C)(C)[Si](C)(C)[Si](C)(C)[Si](C)(C)[Si](C)(C)[Si](C)(C)[Si](C)(C)[Si](C)(C)[SiH](C)C.C[Si](C)(C)O. The molecular weight excluding hydrogens is 1020 g/mol. The van der Waals surface area contributed by atoms with Crippen LogP contribution in [0.15, 0.2) is 0 Å². The third-order valence-corrected chi connectivity index (χ3v) is 453. The van der Waals surface area contributed by atoms with E-state index in [2.05, 4.69) is 236 Å². The highest BCUT2D eigenvalue weighted by Crippen LogP contribution is 2.51. The molecule has 358 valence electrons. The predicted molar refractivity (Wildman–Crippen MR) is 343 cm³/mol. The Morgan fingerprint density at radius 3 is 0.322 bits per heavy atom. The lowest BCUT2D eigenvalue weighted by Crippen LogP contribution is -2.98. The molecule has 1 nitrogen and oxygen atoms in total. The van der Waals surface area contributed by atoms with Crippen LogP contribution in [-0.2, 0) is 0 Å². The zero-order valence-corrected chi connectivity index (χ0v) is 68.4. The minimum atomic E-state index is -1.61. The summed E-state index contributed by atoms with van der Waals surface area (Å²) in [5.41, 5.74) is 0. The van der Waals surface area contributed by atoms with E-state index in [-0.39, 0.29) is 0 Å². The Labute approximate surface area is 394 Å². The van der Waals surface area contributed by atoms with Crippen LogP contribution in [0.25, 0.3) is 0 Å². The van der Waals surface area contributed by atoms with Gasteiger partial charge in [-0.15, -0.1) is 0 Å². The lowest BCUT2D eigenvalue weighted by Gasteiger charge is -2.70. The molecule has 0 amide bonds. The molecule has 0 spiro atoms. The van der Waals surface area contributed by atoms with Crippen molar-refractivity contribution in [3.63, 3.8) is 0 Å². The highest BCUT2D eigenvalue weighted by Gasteiger charge is 2.75. The van der Waals surface area contributed by atoms with Gasteiger partial charge in [0.1, 0.15) is 0 Å². The Morgan fingerprint density at radius 1 is 0.186 bits per heavy atom. The largest absolute Gasteiger partial charge is 0.433 e. The van der Waals surface area contributed by atoms with Crippen molar-refractivity contribution in [3.05, 3.63) is 0 Å². The van der Waals surface area contributed by atoms with Gasteiger partial charge in [0, 0.05) is 130 Å². The fraction of sp³-hybridized carbons (Fsp3) is 1.00. The smallest absolute Gasteiger partial charge is 0.179 e. The summed E-state index contributed by atoms with van der Waals surface area (Å²) in [7, 11) is -25.7. The molecule has 59 heavy (non-hydrogen) atoms. The lowest BCUT2D eigenvalue weighted by molar-refractivity contribution is 0.561. The third-order valence-electron chi connectivity index (χ3n) is 26.4. The van der Waals surface area contributed by atoms with Gasteiger partial charge in [0.25, 0.3) is 0 Å². The zero-order chi connectivity index (χ0) is 49.7. The van der Waals surface area contributed by atoms with Crippen molar-refractivity contribution in [3.8, 4) is 0 Å². The van der Waals surface area contributed by atoms with E-state index < -0.39 is 139 Å². The Bertz CT molecular complexity index is 1330. The van der Waals surface area contributed by atoms with Gasteiger partial charge in [-0.2, -0.15) is 0 Å². The van der Waals surface area contributed by atoms with Gasteiger partial charge in [-0.1, -0.05) is 236 Å². The van der Waals surface area contributed by atoms with Gasteiger partial charge in [0.05, 0.1) is 0 Å². The number of rotatable bonds is 17. The van der Waals surface area contributed by atoms with E-state index in [0.717, 1.165) is 0 Å². The molecule has 0 aromatic carbocycles. The first-order chi connectivity index (χ1) is 24.6. The monoisotopic (exact) mass is 1140 g/mol. The van der Waals surface area contributed by atoms with Crippen molar-refractivity contribution in [1.82, 2.24) is 0 Å². The van der Waals surface area contributed by atoms with E-state index in [4.69, 9.17) is 4.80 Å². The predicted octanol–water partition coefficient (Wildman–Crippen LogP) is 14.4. The van der Waals surface area contributed by atoms with Crippen molar-refractivity contribution in [1.29, 1.82) is 0 Å². The Hall–Kier alpha value is 4.08. The summed E-state index contributed by atoms with van der Waals surface area (Å²) in [6, 6.07) is 0. The maximum absolute atomic E-state index is 8.66. The molecule has 0 heterocycles. The molecule has 0 radical (unpaired) electrons.